The van der Waals surface area contributed by atoms with Gasteiger partial charge in [0, 0.05) is 6.04 Å². The van der Waals surface area contributed by atoms with Crippen molar-refractivity contribution < 1.29 is 28.7 Å². The highest BCUT2D eigenvalue weighted by atomic mass is 16.5. The van der Waals surface area contributed by atoms with Crippen molar-refractivity contribution in [1.29, 1.82) is 0 Å². The fourth-order valence-corrected chi connectivity index (χ4v) is 3.65. The summed E-state index contributed by atoms with van der Waals surface area (Å²) in [6.07, 6.45) is 4.50. The molecule has 0 aromatic carbocycles. The predicted molar refractivity (Wildman–Crippen MR) is 103 cm³/mol. The number of urea groups is 2. The van der Waals surface area contributed by atoms with E-state index in [0.29, 0.717) is 12.8 Å². The molecule has 0 unspecified atom stereocenters. The van der Waals surface area contributed by atoms with E-state index in [1.54, 1.807) is 13.8 Å². The molecule has 0 spiro atoms. The molecule has 1 saturated heterocycles. The van der Waals surface area contributed by atoms with Crippen LogP contribution in [0.3, 0.4) is 0 Å². The van der Waals surface area contributed by atoms with Gasteiger partial charge in [0.1, 0.15) is 12.1 Å². The highest BCUT2D eigenvalue weighted by Gasteiger charge is 2.49. The van der Waals surface area contributed by atoms with Crippen molar-refractivity contribution in [3.8, 4) is 0 Å². The molecule has 162 valence electrons. The van der Waals surface area contributed by atoms with E-state index in [-0.39, 0.29) is 6.04 Å². The van der Waals surface area contributed by atoms with Gasteiger partial charge in [-0.05, 0) is 32.6 Å². The summed E-state index contributed by atoms with van der Waals surface area (Å²) in [5, 5.41) is 7.49. The van der Waals surface area contributed by atoms with E-state index < -0.39 is 48.0 Å². The van der Waals surface area contributed by atoms with Gasteiger partial charge in [0.2, 0.25) is 0 Å². The van der Waals surface area contributed by atoms with Crippen LogP contribution in [0.25, 0.3) is 0 Å². The number of imide groups is 2. The molecular weight excluding hydrogens is 380 g/mol. The largest absolute Gasteiger partial charge is 0.451 e. The third kappa shape index (κ3) is 5.45. The van der Waals surface area contributed by atoms with Crippen LogP contribution in [0.4, 0.5) is 9.59 Å². The van der Waals surface area contributed by atoms with E-state index in [2.05, 4.69) is 16.0 Å². The van der Waals surface area contributed by atoms with Gasteiger partial charge >= 0.3 is 18.0 Å². The van der Waals surface area contributed by atoms with Crippen molar-refractivity contribution >= 4 is 29.8 Å². The number of carbonyl (C=O) groups is 5. The van der Waals surface area contributed by atoms with Crippen molar-refractivity contribution in [3.05, 3.63) is 0 Å². The molecule has 0 radical (unpaired) electrons. The SMILES string of the molecule is CCC1(CC)NC(=O)N(CC(=O)O[C@@H](C)C(=O)NC(=O)NC2CCCCC2)C1=O. The van der Waals surface area contributed by atoms with Crippen LogP contribution in [0.1, 0.15) is 65.7 Å². The second-order valence-electron chi connectivity index (χ2n) is 7.54. The first kappa shape index (κ1) is 22.6. The summed E-state index contributed by atoms with van der Waals surface area (Å²) in [4.78, 5) is 61.5. The third-order valence-electron chi connectivity index (χ3n) is 5.59. The van der Waals surface area contributed by atoms with Crippen LogP contribution in [0, 0.1) is 0 Å². The number of esters is 1. The Hall–Kier alpha value is -2.65. The van der Waals surface area contributed by atoms with Gasteiger partial charge < -0.3 is 15.4 Å². The van der Waals surface area contributed by atoms with E-state index in [1.165, 1.54) is 6.92 Å². The maximum atomic E-state index is 12.5. The Bertz CT molecular complexity index is 670. The number of hydrogen-bond donors (Lipinski definition) is 3. The Morgan fingerprint density at radius 1 is 1.17 bits per heavy atom. The fourth-order valence-electron chi connectivity index (χ4n) is 3.65. The highest BCUT2D eigenvalue weighted by Crippen LogP contribution is 2.24. The van der Waals surface area contributed by atoms with Gasteiger partial charge in [0.15, 0.2) is 6.10 Å². The van der Waals surface area contributed by atoms with Crippen LogP contribution in [0.15, 0.2) is 0 Å². The van der Waals surface area contributed by atoms with Crippen molar-refractivity contribution in [3.63, 3.8) is 0 Å². The van der Waals surface area contributed by atoms with Crippen molar-refractivity contribution in [2.24, 2.45) is 0 Å². The maximum Gasteiger partial charge on any atom is 0.327 e. The summed E-state index contributed by atoms with van der Waals surface area (Å²) in [6.45, 7) is 4.26. The lowest BCUT2D eigenvalue weighted by molar-refractivity contribution is -0.156. The molecule has 0 aromatic heterocycles. The first-order valence-corrected chi connectivity index (χ1v) is 10.2. The molecule has 2 aliphatic rings. The van der Waals surface area contributed by atoms with Gasteiger partial charge in [-0.3, -0.25) is 24.6 Å². The van der Waals surface area contributed by atoms with Gasteiger partial charge in [-0.2, -0.15) is 0 Å². The lowest BCUT2D eigenvalue weighted by atomic mass is 9.93. The Morgan fingerprint density at radius 2 is 1.79 bits per heavy atom. The van der Waals surface area contributed by atoms with Crippen LogP contribution < -0.4 is 16.0 Å². The quantitative estimate of drug-likeness (QED) is 0.426. The second-order valence-corrected chi connectivity index (χ2v) is 7.54. The molecule has 0 aromatic rings. The summed E-state index contributed by atoms with van der Waals surface area (Å²) in [6, 6.07) is -1.26. The lowest BCUT2D eigenvalue weighted by Crippen LogP contribution is -2.49. The number of hydrogen-bond acceptors (Lipinski definition) is 6. The molecule has 1 aliphatic carbocycles. The predicted octanol–water partition coefficient (Wildman–Crippen LogP) is 1.19. The summed E-state index contributed by atoms with van der Waals surface area (Å²) in [7, 11) is 0. The van der Waals surface area contributed by atoms with Crippen LogP contribution in [-0.4, -0.2) is 59.0 Å². The molecule has 1 atom stereocenters. The molecule has 0 bridgehead atoms. The van der Waals surface area contributed by atoms with E-state index in [4.69, 9.17) is 4.74 Å². The minimum absolute atomic E-state index is 0.0338. The number of ether oxygens (including phenoxy) is 1. The fraction of sp³-hybridized carbons (Fsp3) is 0.737. The Labute approximate surface area is 170 Å². The molecular formula is C19H30N4O6. The molecule has 10 nitrogen and oxygen atoms in total. The lowest BCUT2D eigenvalue weighted by Gasteiger charge is -2.23. The normalized spacial score (nSPS) is 20.0. The van der Waals surface area contributed by atoms with Gasteiger partial charge in [-0.25, -0.2) is 9.59 Å². The van der Waals surface area contributed by atoms with Crippen molar-refractivity contribution in [2.75, 3.05) is 6.54 Å². The number of amides is 6. The van der Waals surface area contributed by atoms with Gasteiger partial charge in [-0.1, -0.05) is 33.1 Å². The average Bonchev–Trinajstić information content (AvgIpc) is 2.93. The van der Waals surface area contributed by atoms with Gasteiger partial charge in [-0.15, -0.1) is 0 Å². The Balaban J connectivity index is 1.82. The van der Waals surface area contributed by atoms with E-state index in [9.17, 15) is 24.0 Å². The zero-order valence-corrected chi connectivity index (χ0v) is 17.2. The summed E-state index contributed by atoms with van der Waals surface area (Å²) in [5.41, 5.74) is -1.02. The highest BCUT2D eigenvalue weighted by molar-refractivity contribution is 6.08. The smallest absolute Gasteiger partial charge is 0.327 e. The van der Waals surface area contributed by atoms with E-state index >= 15 is 0 Å². The number of nitrogens with zero attached hydrogens (tertiary/aromatic N) is 1. The molecule has 1 heterocycles. The summed E-state index contributed by atoms with van der Waals surface area (Å²) < 4.78 is 4.99. The maximum absolute atomic E-state index is 12.5. The molecule has 2 rings (SSSR count). The molecule has 10 heteroatoms. The zero-order valence-electron chi connectivity index (χ0n) is 17.2. The first-order valence-electron chi connectivity index (χ1n) is 10.2. The van der Waals surface area contributed by atoms with Crippen LogP contribution in [0.5, 0.6) is 0 Å². The minimum atomic E-state index is -1.25. The van der Waals surface area contributed by atoms with Crippen molar-refractivity contribution in [1.82, 2.24) is 20.9 Å². The Kier molecular flexibility index (Phi) is 7.58. The third-order valence-corrected chi connectivity index (χ3v) is 5.59. The first-order chi connectivity index (χ1) is 13.7. The van der Waals surface area contributed by atoms with E-state index in [0.717, 1.165) is 37.0 Å². The molecule has 29 heavy (non-hydrogen) atoms. The molecule has 1 saturated carbocycles. The average molecular weight is 410 g/mol. The van der Waals surface area contributed by atoms with Crippen molar-refractivity contribution in [2.45, 2.75) is 83.4 Å². The number of nitrogens with one attached hydrogen (secondary N) is 3. The topological polar surface area (TPSA) is 134 Å². The minimum Gasteiger partial charge on any atom is -0.451 e. The van der Waals surface area contributed by atoms with Crippen LogP contribution >= 0.6 is 0 Å². The molecule has 2 fully saturated rings. The zero-order chi connectivity index (χ0) is 21.6. The van der Waals surface area contributed by atoms with Crippen LogP contribution in [-0.2, 0) is 19.1 Å². The Morgan fingerprint density at radius 3 is 2.34 bits per heavy atom. The van der Waals surface area contributed by atoms with Crippen LogP contribution in [0.2, 0.25) is 0 Å². The number of rotatable bonds is 7. The van der Waals surface area contributed by atoms with Gasteiger partial charge in [0.05, 0.1) is 0 Å². The molecule has 1 aliphatic heterocycles. The summed E-state index contributed by atoms with van der Waals surface area (Å²) in [5.74, 6) is -2.18. The molecule has 3 N–H and O–H groups in total. The standard InChI is InChI=1S/C19H30N4O6/c1-4-19(5-2)16(26)23(18(28)22-19)11-14(24)29-12(3)15(25)21-17(27)20-13-9-7-6-8-10-13/h12-13H,4-11H2,1-3H3,(H,22,28)(H2,20,21,25,27)/t12-/m0/s1. The number of carbonyl (C=O) groups excluding carboxylic acids is 5. The summed E-state index contributed by atoms with van der Waals surface area (Å²) >= 11 is 0. The molecule has 6 amide bonds. The van der Waals surface area contributed by atoms with E-state index in [1.807, 2.05) is 0 Å². The second kappa shape index (κ2) is 9.71. The van der Waals surface area contributed by atoms with Gasteiger partial charge in [0.25, 0.3) is 11.8 Å². The monoisotopic (exact) mass is 410 g/mol.